The summed E-state index contributed by atoms with van der Waals surface area (Å²) in [4.78, 5) is 51.1. The first-order chi connectivity index (χ1) is 20.8. The molecule has 0 unspecified atom stereocenters. The zero-order valence-corrected chi connectivity index (χ0v) is 25.2. The Labute approximate surface area is 259 Å². The van der Waals surface area contributed by atoms with Crippen LogP contribution in [-0.4, -0.2) is 46.6 Å². The predicted molar refractivity (Wildman–Crippen MR) is 169 cm³/mol. The molecule has 1 aliphatic rings. The molecule has 1 saturated heterocycles. The lowest BCUT2D eigenvalue weighted by atomic mass is 10.1. The number of carbonyl (C=O) groups is 4. The first-order valence-corrected chi connectivity index (χ1v) is 14.9. The predicted octanol–water partition coefficient (Wildman–Crippen LogP) is 5.28. The Morgan fingerprint density at radius 3 is 2.28 bits per heavy atom. The number of nitrogens with one attached hydrogen (secondary N) is 2. The molecule has 1 aliphatic heterocycles. The van der Waals surface area contributed by atoms with Gasteiger partial charge in [0.1, 0.15) is 16.7 Å². The maximum absolute atomic E-state index is 12.9. The second-order valence-corrected chi connectivity index (χ2v) is 11.2. The summed E-state index contributed by atoms with van der Waals surface area (Å²) in [5.41, 5.74) is 7.51. The molecule has 2 N–H and O–H groups in total. The number of hydrazine groups is 1. The van der Waals surface area contributed by atoms with Crippen LogP contribution in [0.15, 0.2) is 83.8 Å². The summed E-state index contributed by atoms with van der Waals surface area (Å²) in [6.45, 7) is 0.878. The topological polar surface area (TPSA) is 114 Å². The Bertz CT molecular complexity index is 1490. The standard InChI is InChI=1S/C32H31N3O6S2/c1-40-31(39)25-13-11-22(12-14-25)20-27-30(38)35(32(42)43-27)19-7-3-6-10-28(36)33-34-29(37)24-15-17-26(18-16-24)41-21-23-8-4-2-5-9-23/h2,4-5,8-9,11-18,20H,3,6-7,10,19,21H2,1H3,(H,33,36)(H,34,37)/b27-20-. The maximum atomic E-state index is 12.9. The van der Waals surface area contributed by atoms with Crippen molar-refractivity contribution in [3.63, 3.8) is 0 Å². The monoisotopic (exact) mass is 617 g/mol. The van der Waals surface area contributed by atoms with Crippen molar-refractivity contribution in [2.75, 3.05) is 13.7 Å². The van der Waals surface area contributed by atoms with E-state index < -0.39 is 11.9 Å². The highest BCUT2D eigenvalue weighted by atomic mass is 32.2. The van der Waals surface area contributed by atoms with Crippen LogP contribution in [0, 0.1) is 0 Å². The molecule has 0 bridgehead atoms. The van der Waals surface area contributed by atoms with Crippen LogP contribution in [0.1, 0.15) is 57.5 Å². The fourth-order valence-corrected chi connectivity index (χ4v) is 5.42. The van der Waals surface area contributed by atoms with E-state index >= 15 is 0 Å². The molecule has 0 aromatic heterocycles. The van der Waals surface area contributed by atoms with Crippen LogP contribution in [0.5, 0.6) is 5.75 Å². The molecule has 1 fully saturated rings. The van der Waals surface area contributed by atoms with Crippen molar-refractivity contribution < 1.29 is 28.7 Å². The van der Waals surface area contributed by atoms with Gasteiger partial charge in [-0.2, -0.15) is 0 Å². The van der Waals surface area contributed by atoms with Crippen molar-refractivity contribution in [1.29, 1.82) is 0 Å². The normalized spacial score (nSPS) is 13.6. The number of benzene rings is 3. The van der Waals surface area contributed by atoms with E-state index in [0.29, 0.717) is 58.5 Å². The lowest BCUT2D eigenvalue weighted by Gasteiger charge is -2.14. The van der Waals surface area contributed by atoms with Crippen LogP contribution in [0.2, 0.25) is 0 Å². The molecule has 9 nitrogen and oxygen atoms in total. The highest BCUT2D eigenvalue weighted by Crippen LogP contribution is 2.32. The van der Waals surface area contributed by atoms with E-state index in [-0.39, 0.29) is 18.2 Å². The van der Waals surface area contributed by atoms with Gasteiger partial charge < -0.3 is 9.47 Å². The zero-order valence-electron chi connectivity index (χ0n) is 23.5. The minimum Gasteiger partial charge on any atom is -0.489 e. The Morgan fingerprint density at radius 1 is 0.884 bits per heavy atom. The number of thioether (sulfide) groups is 1. The summed E-state index contributed by atoms with van der Waals surface area (Å²) in [7, 11) is 1.32. The van der Waals surface area contributed by atoms with Crippen molar-refractivity contribution in [3.05, 3.63) is 106 Å². The highest BCUT2D eigenvalue weighted by Gasteiger charge is 2.31. The smallest absolute Gasteiger partial charge is 0.337 e. The molecule has 3 aromatic rings. The number of amides is 3. The number of hydrogen-bond acceptors (Lipinski definition) is 8. The van der Waals surface area contributed by atoms with Gasteiger partial charge in [0.05, 0.1) is 17.6 Å². The Hall–Kier alpha value is -4.48. The third kappa shape index (κ3) is 9.25. The minimum atomic E-state index is -0.426. The van der Waals surface area contributed by atoms with Crippen LogP contribution >= 0.6 is 24.0 Å². The fourth-order valence-electron chi connectivity index (χ4n) is 4.11. The number of methoxy groups -OCH3 is 1. The second-order valence-electron chi connectivity index (χ2n) is 9.56. The van der Waals surface area contributed by atoms with E-state index in [1.165, 1.54) is 18.9 Å². The highest BCUT2D eigenvalue weighted by molar-refractivity contribution is 8.26. The van der Waals surface area contributed by atoms with Crippen LogP contribution in [0.25, 0.3) is 6.08 Å². The molecule has 0 saturated carbocycles. The minimum absolute atomic E-state index is 0.164. The van der Waals surface area contributed by atoms with Crippen LogP contribution in [0.3, 0.4) is 0 Å². The summed E-state index contributed by atoms with van der Waals surface area (Å²) >= 11 is 6.63. The van der Waals surface area contributed by atoms with Crippen molar-refractivity contribution in [1.82, 2.24) is 15.8 Å². The molecule has 4 rings (SSSR count). The lowest BCUT2D eigenvalue weighted by Crippen LogP contribution is -2.41. The van der Waals surface area contributed by atoms with E-state index in [9.17, 15) is 19.2 Å². The SMILES string of the molecule is COC(=O)c1ccc(/C=C2\SC(=S)N(CCCCCC(=O)NNC(=O)c3ccc(OCc4ccccc4)cc3)C2=O)cc1. The van der Waals surface area contributed by atoms with Gasteiger partial charge in [-0.15, -0.1) is 0 Å². The quantitative estimate of drug-likeness (QED) is 0.0929. The van der Waals surface area contributed by atoms with Crippen molar-refractivity contribution in [2.45, 2.75) is 32.3 Å². The molecule has 0 radical (unpaired) electrons. The maximum Gasteiger partial charge on any atom is 0.337 e. The molecule has 43 heavy (non-hydrogen) atoms. The molecule has 11 heteroatoms. The molecule has 0 atom stereocenters. The molecule has 222 valence electrons. The molecule has 0 aliphatic carbocycles. The van der Waals surface area contributed by atoms with Gasteiger partial charge in [0.25, 0.3) is 11.8 Å². The Kier molecular flexibility index (Phi) is 11.5. The average Bonchev–Trinajstić information content (AvgIpc) is 3.30. The third-order valence-electron chi connectivity index (χ3n) is 6.47. The first-order valence-electron chi connectivity index (χ1n) is 13.6. The molecule has 3 aromatic carbocycles. The molecular weight excluding hydrogens is 587 g/mol. The summed E-state index contributed by atoms with van der Waals surface area (Å²) < 4.78 is 10.9. The van der Waals surface area contributed by atoms with E-state index in [2.05, 4.69) is 10.9 Å². The molecule has 1 heterocycles. The molecule has 0 spiro atoms. The van der Waals surface area contributed by atoms with Gasteiger partial charge in [-0.05, 0) is 66.4 Å². The van der Waals surface area contributed by atoms with Gasteiger partial charge in [0, 0.05) is 18.5 Å². The Balaban J connectivity index is 1.12. The first kappa shape index (κ1) is 31.5. The largest absolute Gasteiger partial charge is 0.489 e. The van der Waals surface area contributed by atoms with Gasteiger partial charge in [0.2, 0.25) is 5.91 Å². The van der Waals surface area contributed by atoms with Crippen LogP contribution in [0.4, 0.5) is 0 Å². The summed E-state index contributed by atoms with van der Waals surface area (Å²) in [5, 5.41) is 0. The number of unbranched alkanes of at least 4 members (excludes halogenated alkanes) is 2. The average molecular weight is 618 g/mol. The zero-order chi connectivity index (χ0) is 30.6. The van der Waals surface area contributed by atoms with Gasteiger partial charge in [-0.25, -0.2) is 4.79 Å². The van der Waals surface area contributed by atoms with Crippen molar-refractivity contribution in [3.8, 4) is 5.75 Å². The number of ether oxygens (including phenoxy) is 2. The number of nitrogens with zero attached hydrogens (tertiary/aromatic N) is 1. The van der Waals surface area contributed by atoms with E-state index in [0.717, 1.165) is 11.1 Å². The van der Waals surface area contributed by atoms with Gasteiger partial charge in [-0.1, -0.05) is 72.9 Å². The fraction of sp³-hybridized carbons (Fsp3) is 0.219. The number of carbonyl (C=O) groups excluding carboxylic acids is 4. The van der Waals surface area contributed by atoms with Crippen LogP contribution < -0.4 is 15.6 Å². The van der Waals surface area contributed by atoms with E-state index in [1.54, 1.807) is 59.5 Å². The molecular formula is C32H31N3O6S2. The Morgan fingerprint density at radius 2 is 1.58 bits per heavy atom. The number of thiocarbonyl (C=S) groups is 1. The number of esters is 1. The van der Waals surface area contributed by atoms with E-state index in [4.69, 9.17) is 21.7 Å². The second kappa shape index (κ2) is 15.7. The summed E-state index contributed by atoms with van der Waals surface area (Å²) in [6, 6.07) is 23.2. The summed E-state index contributed by atoms with van der Waals surface area (Å²) in [5.74, 6) is -0.679. The van der Waals surface area contributed by atoms with E-state index in [1.807, 2.05) is 30.3 Å². The van der Waals surface area contributed by atoms with Crippen molar-refractivity contribution in [2.24, 2.45) is 0 Å². The lowest BCUT2D eigenvalue weighted by molar-refractivity contribution is -0.123. The van der Waals surface area contributed by atoms with Gasteiger partial charge in [0.15, 0.2) is 0 Å². The number of hydrogen-bond donors (Lipinski definition) is 2. The van der Waals surface area contributed by atoms with Gasteiger partial charge >= 0.3 is 5.97 Å². The summed E-state index contributed by atoms with van der Waals surface area (Å²) in [6.07, 6.45) is 3.94. The number of rotatable bonds is 12. The van der Waals surface area contributed by atoms with Gasteiger partial charge in [-0.3, -0.25) is 30.1 Å². The van der Waals surface area contributed by atoms with Crippen LogP contribution in [-0.2, 0) is 20.9 Å². The van der Waals surface area contributed by atoms with Crippen molar-refractivity contribution >= 4 is 58.1 Å². The molecule has 3 amide bonds. The third-order valence-corrected chi connectivity index (χ3v) is 7.85.